The second-order valence-corrected chi connectivity index (χ2v) is 6.60. The van der Waals surface area contributed by atoms with Crippen molar-refractivity contribution >= 4 is 11.8 Å². The summed E-state index contributed by atoms with van der Waals surface area (Å²) >= 11 is 0. The minimum absolute atomic E-state index is 0.0744. The number of unbranched alkanes of at least 4 members (excludes halogenated alkanes) is 1. The molecule has 2 amide bonds. The largest absolute Gasteiger partial charge is 0.396 e. The highest BCUT2D eigenvalue weighted by molar-refractivity contribution is 5.89. The van der Waals surface area contributed by atoms with Crippen molar-refractivity contribution < 1.29 is 9.90 Å². The van der Waals surface area contributed by atoms with E-state index in [-0.39, 0.29) is 12.6 Å². The van der Waals surface area contributed by atoms with Crippen LogP contribution in [0, 0.1) is 6.92 Å². The summed E-state index contributed by atoms with van der Waals surface area (Å²) in [5.41, 5.74) is 2.02. The summed E-state index contributed by atoms with van der Waals surface area (Å²) in [7, 11) is 0. The van der Waals surface area contributed by atoms with Gasteiger partial charge in [0.1, 0.15) is 5.82 Å². The van der Waals surface area contributed by atoms with Crippen molar-refractivity contribution in [2.45, 2.75) is 45.2 Å². The molecule has 1 aliphatic carbocycles. The third-order valence-corrected chi connectivity index (χ3v) is 4.37. The summed E-state index contributed by atoms with van der Waals surface area (Å²) in [6.45, 7) is 3.40. The lowest BCUT2D eigenvalue weighted by atomic mass is 10.2. The first kappa shape index (κ1) is 17.5. The number of hydrogen-bond acceptors (Lipinski definition) is 3. The Labute approximate surface area is 148 Å². The standard InChI is InChI=1S/C19H26N4O2/c1-15-13-18(23(21-15)14-16-7-3-2-4-8-16)20-19(25)22(17-9-10-17)11-5-6-12-24/h2-4,7-8,13,17,24H,5-6,9-12,14H2,1H3,(H,20,25). The minimum Gasteiger partial charge on any atom is -0.396 e. The Bertz CT molecular complexity index is 695. The van der Waals surface area contributed by atoms with Gasteiger partial charge in [-0.1, -0.05) is 30.3 Å². The zero-order chi connectivity index (χ0) is 17.6. The maximum Gasteiger partial charge on any atom is 0.323 e. The fraction of sp³-hybridized carbons (Fsp3) is 0.474. The minimum atomic E-state index is -0.0744. The van der Waals surface area contributed by atoms with E-state index in [4.69, 9.17) is 5.11 Å². The second kappa shape index (κ2) is 8.16. The van der Waals surface area contributed by atoms with Gasteiger partial charge in [-0.15, -0.1) is 0 Å². The smallest absolute Gasteiger partial charge is 0.323 e. The third-order valence-electron chi connectivity index (χ3n) is 4.37. The average Bonchev–Trinajstić information content (AvgIpc) is 3.38. The van der Waals surface area contributed by atoms with Crippen molar-refractivity contribution in [3.8, 4) is 0 Å². The molecule has 25 heavy (non-hydrogen) atoms. The number of anilines is 1. The van der Waals surface area contributed by atoms with E-state index in [9.17, 15) is 4.79 Å². The van der Waals surface area contributed by atoms with Gasteiger partial charge >= 0.3 is 6.03 Å². The van der Waals surface area contributed by atoms with E-state index >= 15 is 0 Å². The van der Waals surface area contributed by atoms with Gasteiger partial charge in [0.2, 0.25) is 0 Å². The van der Waals surface area contributed by atoms with Crippen molar-refractivity contribution in [3.63, 3.8) is 0 Å². The van der Waals surface area contributed by atoms with Gasteiger partial charge in [0.05, 0.1) is 12.2 Å². The number of carbonyl (C=O) groups excluding carboxylic acids is 1. The Morgan fingerprint density at radius 2 is 2.08 bits per heavy atom. The van der Waals surface area contributed by atoms with Gasteiger partial charge in [-0.2, -0.15) is 5.10 Å². The highest BCUT2D eigenvalue weighted by Crippen LogP contribution is 2.28. The number of nitrogens with zero attached hydrogens (tertiary/aromatic N) is 3. The SMILES string of the molecule is Cc1cc(NC(=O)N(CCCCO)C2CC2)n(Cc2ccccc2)n1. The van der Waals surface area contributed by atoms with Crippen LogP contribution in [0.2, 0.25) is 0 Å². The van der Waals surface area contributed by atoms with Crippen LogP contribution >= 0.6 is 0 Å². The van der Waals surface area contributed by atoms with Crippen LogP contribution in [-0.2, 0) is 6.54 Å². The quantitative estimate of drug-likeness (QED) is 0.725. The van der Waals surface area contributed by atoms with Crippen molar-refractivity contribution in [1.29, 1.82) is 0 Å². The molecule has 1 fully saturated rings. The Hall–Kier alpha value is -2.34. The van der Waals surface area contributed by atoms with E-state index in [0.29, 0.717) is 19.1 Å². The predicted molar refractivity (Wildman–Crippen MR) is 97.6 cm³/mol. The number of hydrogen-bond donors (Lipinski definition) is 2. The van der Waals surface area contributed by atoms with Crippen LogP contribution in [0.5, 0.6) is 0 Å². The molecule has 6 heteroatoms. The number of aromatic nitrogens is 2. The zero-order valence-corrected chi connectivity index (χ0v) is 14.7. The topological polar surface area (TPSA) is 70.4 Å². The number of nitrogens with one attached hydrogen (secondary N) is 1. The van der Waals surface area contributed by atoms with E-state index < -0.39 is 0 Å². The van der Waals surface area contributed by atoms with Gasteiger partial charge < -0.3 is 10.0 Å². The van der Waals surface area contributed by atoms with Crippen LogP contribution < -0.4 is 5.32 Å². The Morgan fingerprint density at radius 3 is 2.76 bits per heavy atom. The van der Waals surface area contributed by atoms with Crippen LogP contribution in [0.4, 0.5) is 10.6 Å². The fourth-order valence-corrected chi connectivity index (χ4v) is 2.93. The van der Waals surface area contributed by atoms with Gasteiger partial charge in [0, 0.05) is 25.3 Å². The summed E-state index contributed by atoms with van der Waals surface area (Å²) in [6, 6.07) is 12.3. The van der Waals surface area contributed by atoms with Crippen molar-refractivity contribution in [2.24, 2.45) is 0 Å². The first-order chi connectivity index (χ1) is 12.2. The maximum atomic E-state index is 12.7. The second-order valence-electron chi connectivity index (χ2n) is 6.60. The van der Waals surface area contributed by atoms with Crippen LogP contribution in [0.25, 0.3) is 0 Å². The highest BCUT2D eigenvalue weighted by Gasteiger charge is 2.32. The summed E-state index contributed by atoms with van der Waals surface area (Å²) in [5.74, 6) is 0.721. The van der Waals surface area contributed by atoms with Crippen molar-refractivity contribution in [1.82, 2.24) is 14.7 Å². The number of aryl methyl sites for hydroxylation is 1. The normalized spacial score (nSPS) is 13.7. The van der Waals surface area contributed by atoms with Gasteiger partial charge in [0.25, 0.3) is 0 Å². The maximum absolute atomic E-state index is 12.7. The summed E-state index contributed by atoms with van der Waals surface area (Å²) in [5, 5.41) is 16.5. The van der Waals surface area contributed by atoms with Crippen molar-refractivity contribution in [2.75, 3.05) is 18.5 Å². The van der Waals surface area contributed by atoms with Gasteiger partial charge in [-0.25, -0.2) is 9.48 Å². The Balaban J connectivity index is 1.67. The molecule has 1 heterocycles. The van der Waals surface area contributed by atoms with E-state index in [1.807, 2.05) is 52.9 Å². The lowest BCUT2D eigenvalue weighted by Crippen LogP contribution is -2.38. The molecular weight excluding hydrogens is 316 g/mol. The number of amides is 2. The molecule has 1 aromatic heterocycles. The number of carbonyl (C=O) groups is 1. The molecule has 0 saturated heterocycles. The average molecular weight is 342 g/mol. The molecule has 0 bridgehead atoms. The predicted octanol–water partition coefficient (Wildman–Crippen LogP) is 3.01. The summed E-state index contributed by atoms with van der Waals surface area (Å²) in [4.78, 5) is 14.6. The lowest BCUT2D eigenvalue weighted by Gasteiger charge is -2.23. The Kier molecular flexibility index (Phi) is 5.71. The van der Waals surface area contributed by atoms with Gasteiger partial charge in [-0.05, 0) is 38.2 Å². The van der Waals surface area contributed by atoms with E-state index in [1.165, 1.54) is 0 Å². The van der Waals surface area contributed by atoms with Crippen molar-refractivity contribution in [3.05, 3.63) is 47.7 Å². The highest BCUT2D eigenvalue weighted by atomic mass is 16.3. The molecule has 1 aromatic carbocycles. The summed E-state index contributed by atoms with van der Waals surface area (Å²) < 4.78 is 1.83. The molecule has 1 saturated carbocycles. The van der Waals surface area contributed by atoms with E-state index in [0.717, 1.165) is 42.8 Å². The molecule has 134 valence electrons. The van der Waals surface area contributed by atoms with E-state index in [2.05, 4.69) is 10.4 Å². The number of aliphatic hydroxyl groups excluding tert-OH is 1. The molecule has 6 nitrogen and oxygen atoms in total. The van der Waals surface area contributed by atoms with Crippen LogP contribution in [0.15, 0.2) is 36.4 Å². The molecule has 0 spiro atoms. The third kappa shape index (κ3) is 4.82. The molecular formula is C19H26N4O2. The zero-order valence-electron chi connectivity index (χ0n) is 14.7. The lowest BCUT2D eigenvalue weighted by molar-refractivity contribution is 0.203. The first-order valence-corrected chi connectivity index (χ1v) is 8.94. The summed E-state index contributed by atoms with van der Waals surface area (Å²) in [6.07, 6.45) is 3.67. The van der Waals surface area contributed by atoms with Gasteiger partial charge in [-0.3, -0.25) is 5.32 Å². The molecule has 3 rings (SSSR count). The van der Waals surface area contributed by atoms with E-state index in [1.54, 1.807) is 0 Å². The number of urea groups is 1. The van der Waals surface area contributed by atoms with Crippen LogP contribution in [0.3, 0.4) is 0 Å². The number of aliphatic hydroxyl groups is 1. The monoisotopic (exact) mass is 342 g/mol. The number of benzene rings is 1. The molecule has 0 atom stereocenters. The van der Waals surface area contributed by atoms with Gasteiger partial charge in [0.15, 0.2) is 0 Å². The van der Waals surface area contributed by atoms with Crippen LogP contribution in [-0.4, -0.2) is 45.0 Å². The fourth-order valence-electron chi connectivity index (χ4n) is 2.93. The first-order valence-electron chi connectivity index (χ1n) is 8.94. The van der Waals surface area contributed by atoms with Crippen LogP contribution in [0.1, 0.15) is 36.9 Å². The molecule has 0 aliphatic heterocycles. The molecule has 2 N–H and O–H groups in total. The molecule has 0 unspecified atom stereocenters. The molecule has 0 radical (unpaired) electrons. The Morgan fingerprint density at radius 1 is 1.32 bits per heavy atom. The molecule has 2 aromatic rings. The molecule has 1 aliphatic rings. The number of rotatable bonds is 8.